The van der Waals surface area contributed by atoms with Crippen LogP contribution in [0.25, 0.3) is 0 Å². The van der Waals surface area contributed by atoms with Gasteiger partial charge in [-0.3, -0.25) is 9.59 Å². The molecule has 0 aromatic heterocycles. The first-order valence-electron chi connectivity index (χ1n) is 10.9. The number of guanidine groups is 1. The summed E-state index contributed by atoms with van der Waals surface area (Å²) in [7, 11) is 0. The Labute approximate surface area is 180 Å². The third kappa shape index (κ3) is 8.84. The predicted octanol–water partition coefficient (Wildman–Crippen LogP) is 1.94. The molecule has 1 heterocycles. The fourth-order valence-corrected chi connectivity index (χ4v) is 3.56. The second-order valence-electron chi connectivity index (χ2n) is 8.86. The molecule has 166 valence electrons. The standard InChI is InChI=1S/C23H37N5O2/c1-5-24-22(25-16-20(29)27-23(2,3)4)26-17-21(30)28-13-11-19(12-14-28)15-18-9-7-6-8-10-18/h6-10,19H,5,11-17H2,1-4H3,(H,27,29)(H2,24,25,26). The van der Waals surface area contributed by atoms with Gasteiger partial charge < -0.3 is 20.9 Å². The maximum absolute atomic E-state index is 12.6. The molecule has 0 radical (unpaired) electrons. The van der Waals surface area contributed by atoms with Crippen LogP contribution in [0.15, 0.2) is 35.3 Å². The molecule has 1 fully saturated rings. The summed E-state index contributed by atoms with van der Waals surface area (Å²) >= 11 is 0. The Morgan fingerprint density at radius 2 is 1.77 bits per heavy atom. The van der Waals surface area contributed by atoms with Crippen molar-refractivity contribution in [3.8, 4) is 0 Å². The van der Waals surface area contributed by atoms with Crippen molar-refractivity contribution in [3.05, 3.63) is 35.9 Å². The summed E-state index contributed by atoms with van der Waals surface area (Å²) in [5, 5.41) is 9.01. The maximum atomic E-state index is 12.6. The van der Waals surface area contributed by atoms with Crippen molar-refractivity contribution >= 4 is 17.8 Å². The lowest BCUT2D eigenvalue weighted by Gasteiger charge is -2.32. The molecule has 1 aliphatic rings. The van der Waals surface area contributed by atoms with Crippen molar-refractivity contribution in [2.75, 3.05) is 32.7 Å². The quantitative estimate of drug-likeness (QED) is 0.469. The van der Waals surface area contributed by atoms with Crippen LogP contribution in [0, 0.1) is 5.92 Å². The van der Waals surface area contributed by atoms with Gasteiger partial charge in [-0.15, -0.1) is 0 Å². The van der Waals surface area contributed by atoms with Crippen molar-refractivity contribution in [3.63, 3.8) is 0 Å². The highest BCUT2D eigenvalue weighted by Gasteiger charge is 2.23. The minimum atomic E-state index is -0.291. The molecule has 30 heavy (non-hydrogen) atoms. The van der Waals surface area contributed by atoms with Crippen LogP contribution in [0.3, 0.4) is 0 Å². The van der Waals surface area contributed by atoms with Crippen LogP contribution in [-0.2, 0) is 16.0 Å². The summed E-state index contributed by atoms with van der Waals surface area (Å²) in [6, 6.07) is 10.5. The fraction of sp³-hybridized carbons (Fsp3) is 0.609. The summed E-state index contributed by atoms with van der Waals surface area (Å²) in [4.78, 5) is 30.8. The summed E-state index contributed by atoms with van der Waals surface area (Å²) < 4.78 is 0. The van der Waals surface area contributed by atoms with E-state index in [9.17, 15) is 9.59 Å². The number of nitrogens with zero attached hydrogens (tertiary/aromatic N) is 2. The Balaban J connectivity index is 1.76. The van der Waals surface area contributed by atoms with E-state index in [1.54, 1.807) is 0 Å². The van der Waals surface area contributed by atoms with E-state index in [0.29, 0.717) is 18.4 Å². The molecule has 7 nitrogen and oxygen atoms in total. The number of piperidine rings is 1. The van der Waals surface area contributed by atoms with Crippen LogP contribution < -0.4 is 16.0 Å². The monoisotopic (exact) mass is 415 g/mol. The summed E-state index contributed by atoms with van der Waals surface area (Å²) in [5.41, 5.74) is 1.08. The van der Waals surface area contributed by atoms with Crippen LogP contribution in [0.1, 0.15) is 46.1 Å². The lowest BCUT2D eigenvalue weighted by atomic mass is 9.90. The third-order valence-corrected chi connectivity index (χ3v) is 4.98. The number of benzene rings is 1. The average molecular weight is 416 g/mol. The van der Waals surface area contributed by atoms with Crippen LogP contribution >= 0.6 is 0 Å². The number of carbonyl (C=O) groups is 2. The number of aliphatic imine (C=N–C) groups is 1. The van der Waals surface area contributed by atoms with Crippen molar-refractivity contribution < 1.29 is 9.59 Å². The number of hydrogen-bond acceptors (Lipinski definition) is 3. The highest BCUT2D eigenvalue weighted by atomic mass is 16.2. The molecule has 0 saturated carbocycles. The minimum absolute atomic E-state index is 0.0195. The zero-order chi connectivity index (χ0) is 22.0. The van der Waals surface area contributed by atoms with Crippen LogP contribution in [0.2, 0.25) is 0 Å². The molecule has 0 aliphatic carbocycles. The maximum Gasteiger partial charge on any atom is 0.242 e. The fourth-order valence-electron chi connectivity index (χ4n) is 3.56. The zero-order valence-electron chi connectivity index (χ0n) is 18.8. The van der Waals surface area contributed by atoms with Gasteiger partial charge in [0.25, 0.3) is 0 Å². The summed E-state index contributed by atoms with van der Waals surface area (Å²) in [6.07, 6.45) is 3.14. The molecule has 1 aromatic carbocycles. The Morgan fingerprint density at radius 3 is 2.37 bits per heavy atom. The number of carbonyl (C=O) groups excluding carboxylic acids is 2. The van der Waals surface area contributed by atoms with Crippen LogP contribution in [0.4, 0.5) is 0 Å². The lowest BCUT2D eigenvalue weighted by Crippen LogP contribution is -2.47. The molecular formula is C23H37N5O2. The first-order valence-corrected chi connectivity index (χ1v) is 10.9. The Hall–Kier alpha value is -2.57. The van der Waals surface area contributed by atoms with E-state index < -0.39 is 0 Å². The van der Waals surface area contributed by atoms with Gasteiger partial charge in [0.05, 0.1) is 6.54 Å². The average Bonchev–Trinajstić information content (AvgIpc) is 2.70. The Bertz CT molecular complexity index is 704. The topological polar surface area (TPSA) is 85.8 Å². The number of amides is 2. The van der Waals surface area contributed by atoms with Gasteiger partial charge in [0.1, 0.15) is 6.54 Å². The zero-order valence-corrected chi connectivity index (χ0v) is 18.8. The molecule has 1 aliphatic heterocycles. The molecule has 3 N–H and O–H groups in total. The molecule has 7 heteroatoms. The number of nitrogens with one attached hydrogen (secondary N) is 3. The van der Waals surface area contributed by atoms with Gasteiger partial charge in [-0.1, -0.05) is 30.3 Å². The van der Waals surface area contributed by atoms with E-state index in [1.165, 1.54) is 5.56 Å². The molecule has 2 rings (SSSR count). The second kappa shape index (κ2) is 11.6. The molecule has 0 bridgehead atoms. The second-order valence-corrected chi connectivity index (χ2v) is 8.86. The van der Waals surface area contributed by atoms with E-state index >= 15 is 0 Å². The molecule has 2 amide bonds. The van der Waals surface area contributed by atoms with Gasteiger partial charge in [0, 0.05) is 25.2 Å². The van der Waals surface area contributed by atoms with E-state index in [1.807, 2.05) is 38.7 Å². The van der Waals surface area contributed by atoms with Gasteiger partial charge in [0.15, 0.2) is 5.96 Å². The Morgan fingerprint density at radius 1 is 1.10 bits per heavy atom. The first kappa shape index (κ1) is 23.7. The van der Waals surface area contributed by atoms with Crippen molar-refractivity contribution in [1.29, 1.82) is 0 Å². The summed E-state index contributed by atoms with van der Waals surface area (Å²) in [5.74, 6) is 1.03. The molecule has 1 saturated heterocycles. The van der Waals surface area contributed by atoms with E-state index in [2.05, 4.69) is 45.2 Å². The van der Waals surface area contributed by atoms with Crippen molar-refractivity contribution in [2.24, 2.45) is 10.9 Å². The lowest BCUT2D eigenvalue weighted by molar-refractivity contribution is -0.131. The van der Waals surface area contributed by atoms with Crippen LogP contribution in [-0.4, -0.2) is 60.9 Å². The molecule has 0 unspecified atom stereocenters. The first-order chi connectivity index (χ1) is 14.3. The predicted molar refractivity (Wildman–Crippen MR) is 121 cm³/mol. The molecule has 1 aromatic rings. The molecule has 0 spiro atoms. The number of hydrogen-bond donors (Lipinski definition) is 3. The van der Waals surface area contributed by atoms with Gasteiger partial charge >= 0.3 is 0 Å². The SMILES string of the molecule is CCNC(=NCC(=O)NC(C)(C)C)NCC(=O)N1CCC(Cc2ccccc2)CC1. The van der Waals surface area contributed by atoms with Crippen molar-refractivity contribution in [1.82, 2.24) is 20.9 Å². The third-order valence-electron chi connectivity index (χ3n) is 4.98. The number of rotatable bonds is 7. The van der Waals surface area contributed by atoms with Gasteiger partial charge in [-0.05, 0) is 58.4 Å². The highest BCUT2D eigenvalue weighted by Crippen LogP contribution is 2.21. The number of likely N-dealkylation sites (tertiary alicyclic amines) is 1. The highest BCUT2D eigenvalue weighted by molar-refractivity contribution is 5.88. The van der Waals surface area contributed by atoms with E-state index in [-0.39, 0.29) is 30.4 Å². The normalized spacial score (nSPS) is 15.6. The molecule has 0 atom stereocenters. The van der Waals surface area contributed by atoms with Crippen LogP contribution in [0.5, 0.6) is 0 Å². The largest absolute Gasteiger partial charge is 0.357 e. The summed E-state index contributed by atoms with van der Waals surface area (Å²) in [6.45, 7) is 10.2. The van der Waals surface area contributed by atoms with Gasteiger partial charge in [-0.2, -0.15) is 0 Å². The van der Waals surface area contributed by atoms with Crippen molar-refractivity contribution in [2.45, 2.75) is 52.5 Å². The van der Waals surface area contributed by atoms with Gasteiger partial charge in [-0.25, -0.2) is 4.99 Å². The van der Waals surface area contributed by atoms with Gasteiger partial charge in [0.2, 0.25) is 11.8 Å². The molecular weight excluding hydrogens is 378 g/mol. The minimum Gasteiger partial charge on any atom is -0.357 e. The van der Waals surface area contributed by atoms with E-state index in [0.717, 1.165) is 32.4 Å². The smallest absolute Gasteiger partial charge is 0.242 e. The van der Waals surface area contributed by atoms with E-state index in [4.69, 9.17) is 0 Å². The Kier molecular flexibility index (Phi) is 9.15.